The number of hydrogen-bond acceptors (Lipinski definition) is 5. The minimum Gasteiger partial charge on any atom is -0.489 e. The minimum atomic E-state index is -0.519. The van der Waals surface area contributed by atoms with Crippen LogP contribution in [0.4, 0.5) is 5.82 Å². The van der Waals surface area contributed by atoms with Crippen molar-refractivity contribution in [2.24, 2.45) is 0 Å². The van der Waals surface area contributed by atoms with Crippen LogP contribution < -0.4 is 15.2 Å². The summed E-state index contributed by atoms with van der Waals surface area (Å²) >= 11 is 3.31. The number of ether oxygens (including phenoxy) is 2. The normalized spacial score (nSPS) is 10.4. The topological polar surface area (TPSA) is 74.4 Å². The van der Waals surface area contributed by atoms with E-state index in [4.69, 9.17) is 15.2 Å². The summed E-state index contributed by atoms with van der Waals surface area (Å²) < 4.78 is 11.6. The van der Waals surface area contributed by atoms with Crippen molar-refractivity contribution in [1.29, 1.82) is 0 Å². The molecule has 0 atom stereocenters. The molecule has 2 rings (SSSR count). The summed E-state index contributed by atoms with van der Waals surface area (Å²) in [5.41, 5.74) is 6.86. The Morgan fingerprint density at radius 2 is 2.00 bits per heavy atom. The second kappa shape index (κ2) is 7.97. The van der Waals surface area contributed by atoms with E-state index in [1.165, 1.54) is 0 Å². The Morgan fingerprint density at radius 3 is 2.65 bits per heavy atom. The molecule has 0 saturated heterocycles. The van der Waals surface area contributed by atoms with E-state index in [-0.39, 0.29) is 11.6 Å². The van der Waals surface area contributed by atoms with E-state index in [2.05, 4.69) is 27.8 Å². The van der Waals surface area contributed by atoms with Gasteiger partial charge in [0.25, 0.3) is 0 Å². The van der Waals surface area contributed by atoms with Gasteiger partial charge in [-0.3, -0.25) is 0 Å². The quantitative estimate of drug-likeness (QED) is 0.354. The number of hydrogen-bond donors (Lipinski definition) is 1. The molecule has 122 valence electrons. The Morgan fingerprint density at radius 1 is 1.30 bits per heavy atom. The highest BCUT2D eigenvalue weighted by molar-refractivity contribution is 9.10. The Bertz CT molecular complexity index is 690. The highest BCUT2D eigenvalue weighted by Crippen LogP contribution is 2.33. The molecule has 0 fully saturated rings. The standard InChI is InChI=1S/C17H19BrN2O3/c1-3-4-10-22-14-13(11(2)15(18)20-16(14)19)17(21)23-12-8-6-5-7-9-12/h5-9H,3-4,10H2,1-2H3,(H2,19,20). The van der Waals surface area contributed by atoms with E-state index in [1.807, 2.05) is 6.07 Å². The van der Waals surface area contributed by atoms with Gasteiger partial charge in [-0.15, -0.1) is 0 Å². The summed E-state index contributed by atoms with van der Waals surface area (Å²) in [5, 5.41) is 0. The number of carbonyl (C=O) groups excluding carboxylic acids is 1. The molecule has 0 unspecified atom stereocenters. The number of halogens is 1. The zero-order valence-corrected chi connectivity index (χ0v) is 14.7. The number of nitrogen functional groups attached to an aromatic ring is 1. The summed E-state index contributed by atoms with van der Waals surface area (Å²) in [5.74, 6) is 0.386. The predicted octanol–water partition coefficient (Wildman–Crippen LogP) is 4.13. The molecular formula is C17H19BrN2O3. The molecule has 0 radical (unpaired) electrons. The van der Waals surface area contributed by atoms with Gasteiger partial charge in [0.15, 0.2) is 11.6 Å². The van der Waals surface area contributed by atoms with Gasteiger partial charge >= 0.3 is 5.97 Å². The van der Waals surface area contributed by atoms with Gasteiger partial charge in [0.05, 0.1) is 6.61 Å². The average Bonchev–Trinajstić information content (AvgIpc) is 2.53. The number of nitrogens with zero attached hydrogens (tertiary/aromatic N) is 1. The number of nitrogens with two attached hydrogens (primary N) is 1. The van der Waals surface area contributed by atoms with Gasteiger partial charge in [-0.1, -0.05) is 31.5 Å². The first-order chi connectivity index (χ1) is 11.0. The highest BCUT2D eigenvalue weighted by atomic mass is 79.9. The number of unbranched alkanes of at least 4 members (excludes halogenated alkanes) is 1. The van der Waals surface area contributed by atoms with Crippen LogP contribution in [0, 0.1) is 6.92 Å². The summed E-state index contributed by atoms with van der Waals surface area (Å²) in [6, 6.07) is 8.87. The first kappa shape index (κ1) is 17.3. The second-order valence-electron chi connectivity index (χ2n) is 5.02. The van der Waals surface area contributed by atoms with E-state index in [0.29, 0.717) is 28.1 Å². The van der Waals surface area contributed by atoms with Crippen molar-refractivity contribution in [3.8, 4) is 11.5 Å². The number of pyridine rings is 1. The maximum Gasteiger partial charge on any atom is 0.347 e. The molecule has 0 saturated carbocycles. The summed E-state index contributed by atoms with van der Waals surface area (Å²) in [6.07, 6.45) is 1.84. The lowest BCUT2D eigenvalue weighted by atomic mass is 10.1. The number of carbonyl (C=O) groups is 1. The third kappa shape index (κ3) is 4.22. The fourth-order valence-electron chi connectivity index (χ4n) is 2.00. The first-order valence-electron chi connectivity index (χ1n) is 7.40. The molecule has 23 heavy (non-hydrogen) atoms. The van der Waals surface area contributed by atoms with Crippen molar-refractivity contribution >= 4 is 27.7 Å². The Hall–Kier alpha value is -2.08. The van der Waals surface area contributed by atoms with Gasteiger partial charge in [0.2, 0.25) is 0 Å². The van der Waals surface area contributed by atoms with Crippen LogP contribution >= 0.6 is 15.9 Å². The molecule has 5 nitrogen and oxygen atoms in total. The van der Waals surface area contributed by atoms with E-state index in [9.17, 15) is 4.79 Å². The number of anilines is 1. The molecule has 0 aliphatic carbocycles. The third-order valence-electron chi connectivity index (χ3n) is 3.26. The molecular weight excluding hydrogens is 360 g/mol. The average molecular weight is 379 g/mol. The Kier molecular flexibility index (Phi) is 5.98. The first-order valence-corrected chi connectivity index (χ1v) is 8.19. The third-order valence-corrected chi connectivity index (χ3v) is 4.04. The van der Waals surface area contributed by atoms with Crippen LogP contribution in [0.2, 0.25) is 0 Å². The van der Waals surface area contributed by atoms with Gasteiger partial charge in [0.1, 0.15) is 15.9 Å². The lowest BCUT2D eigenvalue weighted by Gasteiger charge is -2.15. The van der Waals surface area contributed by atoms with E-state index in [1.54, 1.807) is 31.2 Å². The zero-order valence-electron chi connectivity index (χ0n) is 13.1. The SMILES string of the molecule is CCCCOc1c(N)nc(Br)c(C)c1C(=O)Oc1ccccc1. The van der Waals surface area contributed by atoms with Crippen molar-refractivity contribution in [2.75, 3.05) is 12.3 Å². The molecule has 0 aliphatic rings. The summed E-state index contributed by atoms with van der Waals surface area (Å²) in [7, 11) is 0. The number of para-hydroxylation sites is 1. The molecule has 0 amide bonds. The van der Waals surface area contributed by atoms with E-state index in [0.717, 1.165) is 12.8 Å². The maximum absolute atomic E-state index is 12.6. The molecule has 2 N–H and O–H groups in total. The number of rotatable bonds is 6. The Labute approximate surface area is 143 Å². The van der Waals surface area contributed by atoms with Gasteiger partial charge in [0, 0.05) is 5.56 Å². The zero-order chi connectivity index (χ0) is 16.8. The molecule has 6 heteroatoms. The molecule has 1 aromatic carbocycles. The minimum absolute atomic E-state index is 0.165. The maximum atomic E-state index is 12.6. The lowest BCUT2D eigenvalue weighted by Crippen LogP contribution is -2.16. The van der Waals surface area contributed by atoms with Crippen LogP contribution in [0.5, 0.6) is 11.5 Å². The fourth-order valence-corrected chi connectivity index (χ4v) is 2.39. The van der Waals surface area contributed by atoms with Crippen molar-refractivity contribution in [1.82, 2.24) is 4.98 Å². The second-order valence-corrected chi connectivity index (χ2v) is 5.77. The summed E-state index contributed by atoms with van der Waals surface area (Å²) in [6.45, 7) is 4.29. The van der Waals surface area contributed by atoms with Gasteiger partial charge in [-0.25, -0.2) is 9.78 Å². The monoisotopic (exact) mass is 378 g/mol. The van der Waals surface area contributed by atoms with Gasteiger partial charge < -0.3 is 15.2 Å². The number of esters is 1. The highest BCUT2D eigenvalue weighted by Gasteiger charge is 2.24. The van der Waals surface area contributed by atoms with Crippen LogP contribution in [0.1, 0.15) is 35.7 Å². The molecule has 1 heterocycles. The smallest absolute Gasteiger partial charge is 0.347 e. The molecule has 0 spiro atoms. The van der Waals surface area contributed by atoms with E-state index < -0.39 is 5.97 Å². The largest absolute Gasteiger partial charge is 0.489 e. The molecule has 0 aliphatic heterocycles. The Balaban J connectivity index is 2.36. The van der Waals surface area contributed by atoms with Crippen LogP contribution in [0.25, 0.3) is 0 Å². The molecule has 2 aromatic rings. The molecule has 1 aromatic heterocycles. The van der Waals surface area contributed by atoms with Gasteiger partial charge in [-0.05, 0) is 41.4 Å². The van der Waals surface area contributed by atoms with E-state index >= 15 is 0 Å². The van der Waals surface area contributed by atoms with Crippen LogP contribution in [0.3, 0.4) is 0 Å². The molecule has 0 bridgehead atoms. The van der Waals surface area contributed by atoms with Crippen molar-refractivity contribution in [3.05, 3.63) is 46.1 Å². The van der Waals surface area contributed by atoms with Crippen LogP contribution in [-0.2, 0) is 0 Å². The fraction of sp³-hybridized carbons (Fsp3) is 0.294. The van der Waals surface area contributed by atoms with Gasteiger partial charge in [-0.2, -0.15) is 0 Å². The van der Waals surface area contributed by atoms with Crippen molar-refractivity contribution in [2.45, 2.75) is 26.7 Å². The van der Waals surface area contributed by atoms with Crippen LogP contribution in [-0.4, -0.2) is 17.6 Å². The predicted molar refractivity (Wildman–Crippen MR) is 92.9 cm³/mol. The number of benzene rings is 1. The summed E-state index contributed by atoms with van der Waals surface area (Å²) in [4.78, 5) is 16.8. The van der Waals surface area contributed by atoms with Crippen molar-refractivity contribution < 1.29 is 14.3 Å². The van der Waals surface area contributed by atoms with Crippen LogP contribution in [0.15, 0.2) is 34.9 Å². The lowest BCUT2D eigenvalue weighted by molar-refractivity contribution is 0.0729. The number of aromatic nitrogens is 1. The van der Waals surface area contributed by atoms with Crippen molar-refractivity contribution in [3.63, 3.8) is 0 Å².